The van der Waals surface area contributed by atoms with Crippen molar-refractivity contribution in [3.8, 4) is 11.8 Å². The van der Waals surface area contributed by atoms with Crippen LogP contribution in [0.25, 0.3) is 0 Å². The van der Waals surface area contributed by atoms with Gasteiger partial charge in [-0.25, -0.2) is 4.39 Å². The lowest BCUT2D eigenvalue weighted by molar-refractivity contribution is -0.135. The van der Waals surface area contributed by atoms with E-state index in [2.05, 4.69) is 17.2 Å². The first-order chi connectivity index (χ1) is 9.83. The summed E-state index contributed by atoms with van der Waals surface area (Å²) >= 11 is 0. The molecule has 0 heterocycles. The lowest BCUT2D eigenvalue weighted by Gasteiger charge is -2.08. The van der Waals surface area contributed by atoms with E-state index in [0.717, 1.165) is 6.07 Å². The minimum atomic E-state index is -4.27. The molecule has 0 unspecified atom stereocenters. The SMILES string of the molecule is NCC#Cc1ccc(F)c(C(=O)NCCCC(F)(F)F)c1. The normalized spacial score (nSPS) is 10.7. The second kappa shape index (κ2) is 7.64. The molecule has 0 aliphatic heterocycles. The Bertz CT molecular complexity index is 558. The van der Waals surface area contributed by atoms with Gasteiger partial charge in [-0.3, -0.25) is 4.79 Å². The number of nitrogens with one attached hydrogen (secondary N) is 1. The Hall–Kier alpha value is -2.07. The van der Waals surface area contributed by atoms with Gasteiger partial charge in [-0.05, 0) is 24.6 Å². The third-order valence-corrected chi connectivity index (χ3v) is 2.47. The van der Waals surface area contributed by atoms with Crippen LogP contribution in [0.4, 0.5) is 17.6 Å². The molecular formula is C14H14F4N2O. The average molecular weight is 302 g/mol. The van der Waals surface area contributed by atoms with Crippen molar-refractivity contribution in [2.75, 3.05) is 13.1 Å². The summed E-state index contributed by atoms with van der Waals surface area (Å²) in [4.78, 5) is 11.7. The van der Waals surface area contributed by atoms with Crippen molar-refractivity contribution in [2.24, 2.45) is 5.73 Å². The third-order valence-electron chi connectivity index (χ3n) is 2.47. The fraction of sp³-hybridized carbons (Fsp3) is 0.357. The summed E-state index contributed by atoms with van der Waals surface area (Å²) in [5.74, 6) is 3.67. The fourth-order valence-corrected chi connectivity index (χ4v) is 1.52. The van der Waals surface area contributed by atoms with E-state index in [-0.39, 0.29) is 25.1 Å². The Labute approximate surface area is 119 Å². The van der Waals surface area contributed by atoms with Gasteiger partial charge in [0.25, 0.3) is 5.91 Å². The molecule has 114 valence electrons. The van der Waals surface area contributed by atoms with Crippen molar-refractivity contribution >= 4 is 5.91 Å². The topological polar surface area (TPSA) is 55.1 Å². The van der Waals surface area contributed by atoms with Gasteiger partial charge in [-0.2, -0.15) is 13.2 Å². The van der Waals surface area contributed by atoms with Crippen LogP contribution >= 0.6 is 0 Å². The zero-order chi connectivity index (χ0) is 15.9. The number of hydrogen-bond acceptors (Lipinski definition) is 2. The molecule has 1 rings (SSSR count). The van der Waals surface area contributed by atoms with Crippen LogP contribution in [-0.4, -0.2) is 25.2 Å². The highest BCUT2D eigenvalue weighted by Crippen LogP contribution is 2.20. The van der Waals surface area contributed by atoms with Crippen LogP contribution in [0.2, 0.25) is 0 Å². The molecule has 21 heavy (non-hydrogen) atoms. The molecule has 0 fully saturated rings. The van der Waals surface area contributed by atoms with Crippen molar-refractivity contribution in [3.63, 3.8) is 0 Å². The van der Waals surface area contributed by atoms with E-state index >= 15 is 0 Å². The van der Waals surface area contributed by atoms with E-state index in [1.165, 1.54) is 12.1 Å². The Morgan fingerprint density at radius 2 is 2.05 bits per heavy atom. The smallest absolute Gasteiger partial charge is 0.352 e. The van der Waals surface area contributed by atoms with Crippen molar-refractivity contribution in [1.82, 2.24) is 5.32 Å². The molecule has 0 aliphatic carbocycles. The molecule has 1 aromatic rings. The molecule has 0 saturated heterocycles. The van der Waals surface area contributed by atoms with Crippen molar-refractivity contribution in [3.05, 3.63) is 35.1 Å². The van der Waals surface area contributed by atoms with Crippen LogP contribution in [0.1, 0.15) is 28.8 Å². The number of nitrogens with two attached hydrogens (primary N) is 1. The summed E-state index contributed by atoms with van der Waals surface area (Å²) in [5.41, 5.74) is 5.35. The van der Waals surface area contributed by atoms with Gasteiger partial charge < -0.3 is 11.1 Å². The van der Waals surface area contributed by atoms with Gasteiger partial charge in [-0.15, -0.1) is 0 Å². The monoisotopic (exact) mass is 302 g/mol. The van der Waals surface area contributed by atoms with E-state index < -0.39 is 24.3 Å². The van der Waals surface area contributed by atoms with E-state index in [1.807, 2.05) is 0 Å². The Kier molecular flexibility index (Phi) is 6.18. The van der Waals surface area contributed by atoms with E-state index in [0.29, 0.717) is 5.56 Å². The minimum Gasteiger partial charge on any atom is -0.352 e. The number of amides is 1. The quantitative estimate of drug-likeness (QED) is 0.509. The molecule has 0 aromatic heterocycles. The Balaban J connectivity index is 2.65. The van der Waals surface area contributed by atoms with Gasteiger partial charge in [0.2, 0.25) is 0 Å². The summed E-state index contributed by atoms with van der Waals surface area (Å²) in [6.45, 7) is -0.0627. The zero-order valence-corrected chi connectivity index (χ0v) is 11.1. The first-order valence-corrected chi connectivity index (χ1v) is 6.17. The van der Waals surface area contributed by atoms with Gasteiger partial charge in [0, 0.05) is 18.5 Å². The average Bonchev–Trinajstić information content (AvgIpc) is 2.41. The molecule has 0 atom stereocenters. The molecule has 1 aromatic carbocycles. The van der Waals surface area contributed by atoms with Crippen molar-refractivity contribution < 1.29 is 22.4 Å². The molecule has 0 saturated carbocycles. The minimum absolute atomic E-state index is 0.121. The lowest BCUT2D eigenvalue weighted by atomic mass is 10.1. The first kappa shape index (κ1) is 17.0. The zero-order valence-electron chi connectivity index (χ0n) is 11.1. The molecular weight excluding hydrogens is 288 g/mol. The number of benzene rings is 1. The third kappa shape index (κ3) is 6.27. The highest BCUT2D eigenvalue weighted by molar-refractivity contribution is 5.94. The van der Waals surface area contributed by atoms with Gasteiger partial charge >= 0.3 is 6.18 Å². The van der Waals surface area contributed by atoms with Crippen LogP contribution in [-0.2, 0) is 0 Å². The summed E-state index contributed by atoms with van der Waals surface area (Å²) in [7, 11) is 0. The number of rotatable bonds is 4. The maximum atomic E-state index is 13.5. The predicted octanol–water partition coefficient (Wildman–Crippen LogP) is 2.21. The highest BCUT2D eigenvalue weighted by atomic mass is 19.4. The summed E-state index contributed by atoms with van der Waals surface area (Å²) in [6.07, 6.45) is -5.53. The van der Waals surface area contributed by atoms with Gasteiger partial charge in [0.1, 0.15) is 5.82 Å². The molecule has 0 radical (unpaired) electrons. The van der Waals surface area contributed by atoms with E-state index in [4.69, 9.17) is 5.73 Å². The molecule has 0 bridgehead atoms. The molecule has 7 heteroatoms. The van der Waals surface area contributed by atoms with Crippen LogP contribution in [0, 0.1) is 17.7 Å². The van der Waals surface area contributed by atoms with Gasteiger partial charge in [0.05, 0.1) is 12.1 Å². The van der Waals surface area contributed by atoms with Crippen LogP contribution in [0.3, 0.4) is 0 Å². The number of carbonyl (C=O) groups is 1. The lowest BCUT2D eigenvalue weighted by Crippen LogP contribution is -2.26. The standard InChI is InChI=1S/C14H14F4N2O/c15-12-5-4-10(3-1-7-19)9-11(12)13(21)20-8-2-6-14(16,17)18/h4-5,9H,2,6-8,19H2,(H,20,21). The Morgan fingerprint density at radius 3 is 2.67 bits per heavy atom. The maximum Gasteiger partial charge on any atom is 0.389 e. The summed E-state index contributed by atoms with van der Waals surface area (Å²) in [6, 6.07) is 3.70. The number of carbonyl (C=O) groups excluding carboxylic acids is 1. The number of hydrogen-bond donors (Lipinski definition) is 2. The van der Waals surface area contributed by atoms with Crippen LogP contribution in [0.5, 0.6) is 0 Å². The Morgan fingerprint density at radius 1 is 1.33 bits per heavy atom. The number of halogens is 4. The van der Waals surface area contributed by atoms with Gasteiger partial charge in [-0.1, -0.05) is 11.8 Å². The predicted molar refractivity (Wildman–Crippen MR) is 70.0 cm³/mol. The molecule has 1 amide bonds. The maximum absolute atomic E-state index is 13.5. The molecule has 0 spiro atoms. The molecule has 3 nitrogen and oxygen atoms in total. The summed E-state index contributed by atoms with van der Waals surface area (Å²) < 4.78 is 49.3. The van der Waals surface area contributed by atoms with Crippen LogP contribution in [0.15, 0.2) is 18.2 Å². The van der Waals surface area contributed by atoms with Crippen molar-refractivity contribution in [1.29, 1.82) is 0 Å². The second-order valence-electron chi connectivity index (χ2n) is 4.18. The fourth-order valence-electron chi connectivity index (χ4n) is 1.52. The van der Waals surface area contributed by atoms with E-state index in [9.17, 15) is 22.4 Å². The number of alkyl halides is 3. The summed E-state index contributed by atoms with van der Waals surface area (Å²) in [5, 5.41) is 2.24. The highest BCUT2D eigenvalue weighted by Gasteiger charge is 2.26. The largest absolute Gasteiger partial charge is 0.389 e. The molecule has 3 N–H and O–H groups in total. The second-order valence-corrected chi connectivity index (χ2v) is 4.18. The van der Waals surface area contributed by atoms with Gasteiger partial charge in [0.15, 0.2) is 0 Å². The van der Waals surface area contributed by atoms with E-state index in [1.54, 1.807) is 0 Å². The van der Waals surface area contributed by atoms with Crippen LogP contribution < -0.4 is 11.1 Å². The molecule has 0 aliphatic rings. The first-order valence-electron chi connectivity index (χ1n) is 6.17. The van der Waals surface area contributed by atoms with Crippen molar-refractivity contribution in [2.45, 2.75) is 19.0 Å².